The molecule has 3 aromatic carbocycles. The maximum atomic E-state index is 11.7. The van der Waals surface area contributed by atoms with Gasteiger partial charge in [-0.15, -0.1) is 0 Å². The molecular formula is C21H17NO2S. The second kappa shape index (κ2) is 5.90. The predicted octanol–water partition coefficient (Wildman–Crippen LogP) is 4.70. The molecule has 0 radical (unpaired) electrons. The molecule has 0 amide bonds. The van der Waals surface area contributed by atoms with E-state index >= 15 is 0 Å². The van der Waals surface area contributed by atoms with Crippen molar-refractivity contribution in [3.05, 3.63) is 84.9 Å². The second-order valence-corrected chi connectivity index (χ2v) is 8.07. The third-order valence-corrected chi connectivity index (χ3v) is 5.43. The van der Waals surface area contributed by atoms with Crippen LogP contribution in [0.2, 0.25) is 0 Å². The van der Waals surface area contributed by atoms with Gasteiger partial charge in [0.15, 0.2) is 9.84 Å². The molecule has 0 bridgehead atoms. The number of sulfone groups is 1. The molecule has 0 fully saturated rings. The summed E-state index contributed by atoms with van der Waals surface area (Å²) in [6, 6.07) is 27.6. The van der Waals surface area contributed by atoms with Crippen LogP contribution >= 0.6 is 0 Å². The van der Waals surface area contributed by atoms with Gasteiger partial charge in [0.25, 0.3) is 0 Å². The first kappa shape index (κ1) is 15.7. The molecule has 0 atom stereocenters. The average Bonchev–Trinajstić information content (AvgIpc) is 3.01. The van der Waals surface area contributed by atoms with Crippen LogP contribution in [0.4, 0.5) is 0 Å². The molecule has 25 heavy (non-hydrogen) atoms. The lowest BCUT2D eigenvalue weighted by molar-refractivity contribution is 0.602. The highest BCUT2D eigenvalue weighted by molar-refractivity contribution is 7.90. The second-order valence-electron chi connectivity index (χ2n) is 6.06. The highest BCUT2D eigenvalue weighted by Gasteiger charge is 2.13. The molecule has 0 saturated carbocycles. The highest BCUT2D eigenvalue weighted by atomic mass is 32.2. The smallest absolute Gasteiger partial charge is 0.175 e. The van der Waals surface area contributed by atoms with Gasteiger partial charge in [0.1, 0.15) is 0 Å². The Kier molecular flexibility index (Phi) is 3.70. The minimum Gasteiger partial charge on any atom is -0.309 e. The van der Waals surface area contributed by atoms with E-state index < -0.39 is 9.84 Å². The zero-order chi connectivity index (χ0) is 17.4. The van der Waals surface area contributed by atoms with Crippen LogP contribution in [0.15, 0.2) is 89.8 Å². The fourth-order valence-electron chi connectivity index (χ4n) is 3.10. The Labute approximate surface area is 147 Å². The summed E-state index contributed by atoms with van der Waals surface area (Å²) in [5.74, 6) is 0. The molecule has 1 heterocycles. The molecule has 0 N–H and O–H groups in total. The van der Waals surface area contributed by atoms with Crippen LogP contribution in [0, 0.1) is 0 Å². The number of fused-ring (bicyclic) bond motifs is 1. The number of hydrogen-bond acceptors (Lipinski definition) is 2. The molecule has 4 aromatic rings. The Bertz CT molecular complexity index is 1140. The van der Waals surface area contributed by atoms with Gasteiger partial charge in [-0.2, -0.15) is 0 Å². The van der Waals surface area contributed by atoms with Crippen molar-refractivity contribution >= 4 is 20.7 Å². The van der Waals surface area contributed by atoms with Crippen LogP contribution in [0.1, 0.15) is 0 Å². The van der Waals surface area contributed by atoms with E-state index in [1.807, 2.05) is 42.5 Å². The van der Waals surface area contributed by atoms with Gasteiger partial charge in [-0.3, -0.25) is 0 Å². The Morgan fingerprint density at radius 1 is 0.760 bits per heavy atom. The lowest BCUT2D eigenvalue weighted by Gasteiger charge is -2.11. The zero-order valence-electron chi connectivity index (χ0n) is 13.8. The summed E-state index contributed by atoms with van der Waals surface area (Å²) in [7, 11) is -3.20. The summed E-state index contributed by atoms with van der Waals surface area (Å²) in [5, 5.41) is 1.15. The van der Waals surface area contributed by atoms with E-state index in [1.54, 1.807) is 12.1 Å². The van der Waals surface area contributed by atoms with Crippen molar-refractivity contribution in [3.8, 4) is 16.9 Å². The Balaban J connectivity index is 1.96. The minimum absolute atomic E-state index is 0.332. The quantitative estimate of drug-likeness (QED) is 0.539. The van der Waals surface area contributed by atoms with Gasteiger partial charge in [-0.05, 0) is 42.0 Å². The third kappa shape index (κ3) is 2.85. The molecular weight excluding hydrogens is 330 g/mol. The number of rotatable bonds is 3. The van der Waals surface area contributed by atoms with Gasteiger partial charge in [-0.1, -0.05) is 48.5 Å². The maximum Gasteiger partial charge on any atom is 0.175 e. The first-order valence-electron chi connectivity index (χ1n) is 8.00. The van der Waals surface area contributed by atoms with Crippen LogP contribution < -0.4 is 0 Å². The summed E-state index contributed by atoms with van der Waals surface area (Å²) >= 11 is 0. The topological polar surface area (TPSA) is 39.1 Å². The van der Waals surface area contributed by atoms with Crippen molar-refractivity contribution < 1.29 is 8.42 Å². The molecule has 0 aliphatic rings. The van der Waals surface area contributed by atoms with E-state index in [4.69, 9.17) is 0 Å². The summed E-state index contributed by atoms with van der Waals surface area (Å²) < 4.78 is 25.6. The lowest BCUT2D eigenvalue weighted by Crippen LogP contribution is -1.98. The van der Waals surface area contributed by atoms with Gasteiger partial charge in [0.2, 0.25) is 0 Å². The van der Waals surface area contributed by atoms with Crippen molar-refractivity contribution in [1.82, 2.24) is 4.57 Å². The van der Waals surface area contributed by atoms with Crippen LogP contribution in [0.5, 0.6) is 0 Å². The largest absolute Gasteiger partial charge is 0.309 e. The van der Waals surface area contributed by atoms with Gasteiger partial charge in [-0.25, -0.2) is 8.42 Å². The molecule has 0 spiro atoms. The SMILES string of the molecule is CS(=O)(=O)c1ccc(-c2cc3ccccc3n2-c2ccccc2)cc1. The van der Waals surface area contributed by atoms with Crippen LogP contribution in [-0.2, 0) is 9.84 Å². The standard InChI is InChI=1S/C21H17NO2S/c1-25(23,24)19-13-11-16(12-14-19)21-15-17-7-5-6-10-20(17)22(21)18-8-3-2-4-9-18/h2-15H,1H3. The molecule has 4 heteroatoms. The summed E-state index contributed by atoms with van der Waals surface area (Å²) in [6.45, 7) is 0. The van der Waals surface area contributed by atoms with Gasteiger partial charge in [0.05, 0.1) is 16.1 Å². The van der Waals surface area contributed by atoms with E-state index in [2.05, 4.69) is 34.9 Å². The van der Waals surface area contributed by atoms with Gasteiger partial charge in [0, 0.05) is 17.3 Å². The summed E-state index contributed by atoms with van der Waals surface area (Å²) in [6.07, 6.45) is 1.23. The Hall–Kier alpha value is -2.85. The third-order valence-electron chi connectivity index (χ3n) is 4.30. The maximum absolute atomic E-state index is 11.7. The van der Waals surface area contributed by atoms with Crippen LogP contribution in [0.3, 0.4) is 0 Å². The van der Waals surface area contributed by atoms with Crippen molar-refractivity contribution in [2.75, 3.05) is 6.26 Å². The normalized spacial score (nSPS) is 11.7. The average molecular weight is 347 g/mol. The number of hydrogen-bond donors (Lipinski definition) is 0. The molecule has 3 nitrogen and oxygen atoms in total. The number of nitrogens with zero attached hydrogens (tertiary/aromatic N) is 1. The molecule has 1 aromatic heterocycles. The zero-order valence-corrected chi connectivity index (χ0v) is 14.6. The lowest BCUT2D eigenvalue weighted by atomic mass is 10.1. The molecule has 124 valence electrons. The molecule has 0 aliphatic carbocycles. The van der Waals surface area contributed by atoms with Crippen molar-refractivity contribution in [2.45, 2.75) is 4.90 Å². The Morgan fingerprint density at radius 2 is 1.40 bits per heavy atom. The molecule has 0 unspecified atom stereocenters. The van der Waals surface area contributed by atoms with Crippen LogP contribution in [-0.4, -0.2) is 19.2 Å². The van der Waals surface area contributed by atoms with E-state index in [1.165, 1.54) is 6.26 Å². The van der Waals surface area contributed by atoms with E-state index in [-0.39, 0.29) is 0 Å². The van der Waals surface area contributed by atoms with Crippen LogP contribution in [0.25, 0.3) is 27.8 Å². The first-order valence-corrected chi connectivity index (χ1v) is 9.89. The molecule has 0 aliphatic heterocycles. The van der Waals surface area contributed by atoms with Crippen molar-refractivity contribution in [1.29, 1.82) is 0 Å². The number of benzene rings is 3. The van der Waals surface area contributed by atoms with Gasteiger partial charge < -0.3 is 4.57 Å². The summed E-state index contributed by atoms with van der Waals surface area (Å²) in [5.41, 5.74) is 4.21. The fraction of sp³-hybridized carbons (Fsp3) is 0.0476. The Morgan fingerprint density at radius 3 is 2.08 bits per heavy atom. The van der Waals surface area contributed by atoms with Crippen molar-refractivity contribution in [3.63, 3.8) is 0 Å². The molecule has 4 rings (SSSR count). The summed E-state index contributed by atoms with van der Waals surface area (Å²) in [4.78, 5) is 0.332. The van der Waals surface area contributed by atoms with Crippen molar-refractivity contribution in [2.24, 2.45) is 0 Å². The fourth-order valence-corrected chi connectivity index (χ4v) is 3.73. The van der Waals surface area contributed by atoms with Gasteiger partial charge >= 0.3 is 0 Å². The van der Waals surface area contributed by atoms with E-state index in [0.717, 1.165) is 27.8 Å². The first-order chi connectivity index (χ1) is 12.0. The number of aromatic nitrogens is 1. The predicted molar refractivity (Wildman–Crippen MR) is 102 cm³/mol. The minimum atomic E-state index is -3.20. The number of para-hydroxylation sites is 2. The van der Waals surface area contributed by atoms with E-state index in [9.17, 15) is 8.42 Å². The molecule has 0 saturated heterocycles. The van der Waals surface area contributed by atoms with E-state index in [0.29, 0.717) is 4.90 Å². The highest BCUT2D eigenvalue weighted by Crippen LogP contribution is 2.32. The monoisotopic (exact) mass is 347 g/mol.